The van der Waals surface area contributed by atoms with Crippen molar-refractivity contribution in [1.82, 2.24) is 14.7 Å². The first-order chi connectivity index (χ1) is 16.8. The molecule has 0 N–H and O–H groups in total. The standard InChI is InChI=1S/C28H35N3O4/c1-20-14-21(2)16-24(15-20)28(34)31-9-5-7-23(19-31)27(33)30-12-10-29(11-13-30)26(32)18-22-6-4-8-25(17-22)35-3/h4,6,8,14-17,23H,5,7,9-13,18-19H2,1-3H3. The summed E-state index contributed by atoms with van der Waals surface area (Å²) < 4.78 is 5.24. The molecular formula is C28H35N3O4. The number of amides is 3. The zero-order valence-electron chi connectivity index (χ0n) is 21.0. The summed E-state index contributed by atoms with van der Waals surface area (Å²) >= 11 is 0. The zero-order chi connectivity index (χ0) is 24.9. The molecule has 0 bridgehead atoms. The van der Waals surface area contributed by atoms with E-state index >= 15 is 0 Å². The van der Waals surface area contributed by atoms with Gasteiger partial charge >= 0.3 is 0 Å². The Morgan fingerprint density at radius 3 is 2.26 bits per heavy atom. The molecule has 0 aromatic heterocycles. The van der Waals surface area contributed by atoms with Crippen LogP contribution in [0.1, 0.15) is 39.9 Å². The lowest BCUT2D eigenvalue weighted by Gasteiger charge is -2.39. The van der Waals surface area contributed by atoms with Gasteiger partial charge in [-0.2, -0.15) is 0 Å². The molecule has 1 atom stereocenters. The Morgan fingerprint density at radius 1 is 0.886 bits per heavy atom. The van der Waals surface area contributed by atoms with Crippen LogP contribution in [0, 0.1) is 19.8 Å². The molecule has 0 saturated carbocycles. The highest BCUT2D eigenvalue weighted by Crippen LogP contribution is 2.23. The third-order valence-corrected chi connectivity index (χ3v) is 6.96. The molecule has 2 heterocycles. The molecule has 3 amide bonds. The number of carbonyl (C=O) groups excluding carboxylic acids is 3. The van der Waals surface area contributed by atoms with Gasteiger partial charge in [-0.25, -0.2) is 0 Å². The van der Waals surface area contributed by atoms with Crippen molar-refractivity contribution < 1.29 is 19.1 Å². The molecule has 0 radical (unpaired) electrons. The van der Waals surface area contributed by atoms with Gasteiger partial charge in [-0.15, -0.1) is 0 Å². The molecule has 2 aliphatic rings. The number of hydrogen-bond acceptors (Lipinski definition) is 4. The predicted octanol–water partition coefficient (Wildman–Crippen LogP) is 3.08. The summed E-state index contributed by atoms with van der Waals surface area (Å²) in [6.07, 6.45) is 1.94. The van der Waals surface area contributed by atoms with Crippen molar-refractivity contribution in [3.8, 4) is 5.75 Å². The highest BCUT2D eigenvalue weighted by molar-refractivity contribution is 5.95. The van der Waals surface area contributed by atoms with Gasteiger partial charge in [0.25, 0.3) is 5.91 Å². The number of likely N-dealkylation sites (tertiary alicyclic amines) is 1. The minimum Gasteiger partial charge on any atom is -0.497 e. The summed E-state index contributed by atoms with van der Waals surface area (Å²) in [6.45, 7) is 7.26. The minimum absolute atomic E-state index is 0.00209. The van der Waals surface area contributed by atoms with E-state index in [1.165, 1.54) is 0 Å². The Morgan fingerprint density at radius 2 is 1.57 bits per heavy atom. The Kier molecular flexibility index (Phi) is 7.73. The first kappa shape index (κ1) is 24.8. The third-order valence-electron chi connectivity index (χ3n) is 6.96. The molecule has 7 nitrogen and oxygen atoms in total. The number of rotatable bonds is 5. The summed E-state index contributed by atoms with van der Waals surface area (Å²) in [5.74, 6) is 0.721. The average Bonchev–Trinajstić information content (AvgIpc) is 2.87. The van der Waals surface area contributed by atoms with Crippen molar-refractivity contribution in [3.63, 3.8) is 0 Å². The Labute approximate surface area is 207 Å². The second-order valence-electron chi connectivity index (χ2n) is 9.70. The largest absolute Gasteiger partial charge is 0.497 e. The van der Waals surface area contributed by atoms with Gasteiger partial charge in [0.05, 0.1) is 19.4 Å². The van der Waals surface area contributed by atoms with E-state index in [2.05, 4.69) is 6.07 Å². The number of piperazine rings is 1. The Hall–Kier alpha value is -3.35. The fraction of sp³-hybridized carbons (Fsp3) is 0.464. The molecule has 2 saturated heterocycles. The van der Waals surface area contributed by atoms with Gasteiger partial charge in [0.2, 0.25) is 11.8 Å². The quantitative estimate of drug-likeness (QED) is 0.664. The molecular weight excluding hydrogens is 442 g/mol. The summed E-state index contributed by atoms with van der Waals surface area (Å²) in [4.78, 5) is 44.7. The lowest BCUT2D eigenvalue weighted by atomic mass is 9.95. The minimum atomic E-state index is -0.183. The number of aryl methyl sites for hydroxylation is 2. The van der Waals surface area contributed by atoms with Gasteiger partial charge in [0.1, 0.15) is 5.75 Å². The Bertz CT molecular complexity index is 1070. The van der Waals surface area contributed by atoms with Crippen molar-refractivity contribution >= 4 is 17.7 Å². The van der Waals surface area contributed by atoms with Crippen LogP contribution in [0.4, 0.5) is 0 Å². The number of ether oxygens (including phenoxy) is 1. The van der Waals surface area contributed by atoms with Crippen LogP contribution in [0.5, 0.6) is 5.75 Å². The van der Waals surface area contributed by atoms with Crippen molar-refractivity contribution in [2.24, 2.45) is 5.92 Å². The maximum absolute atomic E-state index is 13.3. The first-order valence-electron chi connectivity index (χ1n) is 12.4. The lowest BCUT2D eigenvalue weighted by Crippen LogP contribution is -2.54. The van der Waals surface area contributed by atoms with Gasteiger partial charge in [-0.3, -0.25) is 14.4 Å². The summed E-state index contributed by atoms with van der Waals surface area (Å²) in [5.41, 5.74) is 3.75. The lowest BCUT2D eigenvalue weighted by molar-refractivity contribution is -0.142. The Balaban J connectivity index is 1.30. The molecule has 2 fully saturated rings. The maximum atomic E-state index is 13.3. The first-order valence-corrected chi connectivity index (χ1v) is 12.4. The second kappa shape index (κ2) is 10.9. The van der Waals surface area contributed by atoms with Crippen molar-refractivity contribution in [2.45, 2.75) is 33.1 Å². The van der Waals surface area contributed by atoms with Crippen LogP contribution >= 0.6 is 0 Å². The van der Waals surface area contributed by atoms with Crippen LogP contribution in [-0.4, -0.2) is 78.8 Å². The molecule has 4 rings (SSSR count). The van der Waals surface area contributed by atoms with E-state index in [9.17, 15) is 14.4 Å². The molecule has 35 heavy (non-hydrogen) atoms. The number of carbonyl (C=O) groups is 3. The van der Waals surface area contributed by atoms with Crippen LogP contribution in [-0.2, 0) is 16.0 Å². The topological polar surface area (TPSA) is 70.2 Å². The maximum Gasteiger partial charge on any atom is 0.253 e. The fourth-order valence-electron chi connectivity index (χ4n) is 5.15. The van der Waals surface area contributed by atoms with Crippen molar-refractivity contribution in [3.05, 3.63) is 64.7 Å². The number of nitrogens with zero attached hydrogens (tertiary/aromatic N) is 3. The van der Waals surface area contributed by atoms with Crippen LogP contribution in [0.15, 0.2) is 42.5 Å². The number of hydrogen-bond donors (Lipinski definition) is 0. The third kappa shape index (κ3) is 6.02. The van der Waals surface area contributed by atoms with Gasteiger partial charge in [-0.05, 0) is 56.5 Å². The van der Waals surface area contributed by atoms with Crippen LogP contribution in [0.2, 0.25) is 0 Å². The molecule has 0 aliphatic carbocycles. The van der Waals surface area contributed by atoms with Gasteiger partial charge in [0.15, 0.2) is 0 Å². The molecule has 2 aromatic rings. The number of methoxy groups -OCH3 is 1. The number of benzene rings is 2. The molecule has 2 aliphatic heterocycles. The van der Waals surface area contributed by atoms with Gasteiger partial charge in [-0.1, -0.05) is 29.3 Å². The highest BCUT2D eigenvalue weighted by Gasteiger charge is 2.33. The van der Waals surface area contributed by atoms with Crippen LogP contribution in [0.25, 0.3) is 0 Å². The van der Waals surface area contributed by atoms with E-state index < -0.39 is 0 Å². The van der Waals surface area contributed by atoms with E-state index in [1.54, 1.807) is 7.11 Å². The highest BCUT2D eigenvalue weighted by atomic mass is 16.5. The van der Waals surface area contributed by atoms with E-state index in [0.29, 0.717) is 51.3 Å². The van der Waals surface area contributed by atoms with Crippen LogP contribution < -0.4 is 4.74 Å². The smallest absolute Gasteiger partial charge is 0.253 e. The van der Waals surface area contributed by atoms with Crippen molar-refractivity contribution in [1.29, 1.82) is 0 Å². The second-order valence-corrected chi connectivity index (χ2v) is 9.70. The van der Waals surface area contributed by atoms with E-state index in [0.717, 1.165) is 35.3 Å². The molecule has 0 spiro atoms. The van der Waals surface area contributed by atoms with Gasteiger partial charge in [0, 0.05) is 44.8 Å². The van der Waals surface area contributed by atoms with Crippen LogP contribution in [0.3, 0.4) is 0 Å². The molecule has 1 unspecified atom stereocenters. The zero-order valence-corrected chi connectivity index (χ0v) is 21.0. The van der Waals surface area contributed by atoms with E-state index in [4.69, 9.17) is 4.74 Å². The molecule has 2 aromatic carbocycles. The summed E-state index contributed by atoms with van der Waals surface area (Å²) in [5, 5.41) is 0. The average molecular weight is 478 g/mol. The van der Waals surface area contributed by atoms with E-state index in [-0.39, 0.29) is 23.6 Å². The summed E-state index contributed by atoms with van der Waals surface area (Å²) in [6, 6.07) is 13.4. The van der Waals surface area contributed by atoms with E-state index in [1.807, 2.05) is 64.9 Å². The number of piperidine rings is 1. The fourth-order valence-corrected chi connectivity index (χ4v) is 5.15. The van der Waals surface area contributed by atoms with Gasteiger partial charge < -0.3 is 19.4 Å². The SMILES string of the molecule is COc1cccc(CC(=O)N2CCN(C(=O)C3CCCN(C(=O)c4cc(C)cc(C)c4)C3)CC2)c1. The predicted molar refractivity (Wildman–Crippen MR) is 134 cm³/mol. The molecule has 7 heteroatoms. The van der Waals surface area contributed by atoms with Crippen molar-refractivity contribution in [2.75, 3.05) is 46.4 Å². The summed E-state index contributed by atoms with van der Waals surface area (Å²) in [7, 11) is 1.61. The monoisotopic (exact) mass is 477 g/mol. The molecule has 186 valence electrons. The normalized spacial score (nSPS) is 18.4.